The molecule has 0 unspecified atom stereocenters. The lowest BCUT2D eigenvalue weighted by Gasteiger charge is -2.05. The lowest BCUT2D eigenvalue weighted by atomic mass is 10.1. The van der Waals surface area contributed by atoms with Crippen molar-refractivity contribution >= 4 is 11.6 Å². The van der Waals surface area contributed by atoms with Crippen LogP contribution in [0.15, 0.2) is 46.3 Å². The monoisotopic (exact) mass is 394 g/mol. The molecule has 0 saturated heterocycles. The highest BCUT2D eigenvalue weighted by Crippen LogP contribution is 2.24. The number of phenols is 2. The van der Waals surface area contributed by atoms with Gasteiger partial charge in [-0.1, -0.05) is 6.07 Å². The number of rotatable bonds is 4. The van der Waals surface area contributed by atoms with Crippen LogP contribution in [-0.4, -0.2) is 31.6 Å². The molecule has 3 rings (SSSR count). The van der Waals surface area contributed by atoms with E-state index in [0.717, 1.165) is 17.2 Å². The number of nitrogens with one attached hydrogen (secondary N) is 2. The Kier molecular flexibility index (Phi) is 5.27. The van der Waals surface area contributed by atoms with Crippen molar-refractivity contribution in [2.45, 2.75) is 27.7 Å². The molecule has 0 aliphatic heterocycles. The summed E-state index contributed by atoms with van der Waals surface area (Å²) in [5.41, 5.74) is 6.43. The summed E-state index contributed by atoms with van der Waals surface area (Å²) in [7, 11) is 0. The van der Waals surface area contributed by atoms with Gasteiger partial charge < -0.3 is 10.2 Å². The number of aromatic amines is 1. The fraction of sp³-hybridized carbons (Fsp3) is 0.190. The van der Waals surface area contributed by atoms with Gasteiger partial charge in [0.15, 0.2) is 11.5 Å². The number of hydrazone groups is 1. The topological polar surface area (TPSA) is 120 Å². The molecule has 29 heavy (non-hydrogen) atoms. The van der Waals surface area contributed by atoms with Crippen molar-refractivity contribution in [2.24, 2.45) is 5.10 Å². The average molecular weight is 394 g/mol. The van der Waals surface area contributed by atoms with Crippen molar-refractivity contribution in [1.82, 2.24) is 15.2 Å². The van der Waals surface area contributed by atoms with E-state index >= 15 is 0 Å². The van der Waals surface area contributed by atoms with Gasteiger partial charge in [-0.2, -0.15) is 5.10 Å². The lowest BCUT2D eigenvalue weighted by Crippen LogP contribution is -2.23. The summed E-state index contributed by atoms with van der Waals surface area (Å²) >= 11 is 0. The van der Waals surface area contributed by atoms with Crippen molar-refractivity contribution in [3.8, 4) is 17.2 Å². The minimum Gasteiger partial charge on any atom is -0.504 e. The summed E-state index contributed by atoms with van der Waals surface area (Å²) in [5, 5.41) is 25.9. The van der Waals surface area contributed by atoms with E-state index < -0.39 is 11.7 Å². The van der Waals surface area contributed by atoms with E-state index in [1.807, 2.05) is 32.0 Å². The highest BCUT2D eigenvalue weighted by Gasteiger charge is 2.16. The third-order valence-corrected chi connectivity index (χ3v) is 4.74. The fourth-order valence-electron chi connectivity index (χ4n) is 2.94. The van der Waals surface area contributed by atoms with Gasteiger partial charge in [0.2, 0.25) is 0 Å². The summed E-state index contributed by atoms with van der Waals surface area (Å²) in [6, 6.07) is 9.41. The fourth-order valence-corrected chi connectivity index (χ4v) is 2.94. The van der Waals surface area contributed by atoms with Crippen LogP contribution in [0.3, 0.4) is 0 Å². The molecule has 0 atom stereocenters. The van der Waals surface area contributed by atoms with Crippen LogP contribution in [0.2, 0.25) is 0 Å². The van der Waals surface area contributed by atoms with Crippen LogP contribution in [0, 0.1) is 20.8 Å². The van der Waals surface area contributed by atoms with E-state index in [0.29, 0.717) is 22.7 Å². The Bertz CT molecular complexity index is 1190. The molecule has 4 N–H and O–H groups in total. The third-order valence-electron chi connectivity index (χ3n) is 4.74. The van der Waals surface area contributed by atoms with Gasteiger partial charge in [-0.3, -0.25) is 14.7 Å². The number of aromatic hydroxyl groups is 2. The minimum absolute atomic E-state index is 0.121. The molecular formula is C21H22N4O4. The molecule has 0 radical (unpaired) electrons. The molecule has 2 aromatic carbocycles. The summed E-state index contributed by atoms with van der Waals surface area (Å²) in [6.45, 7) is 7.36. The number of nitrogens with zero attached hydrogens (tertiary/aromatic N) is 2. The van der Waals surface area contributed by atoms with Crippen LogP contribution in [0.4, 0.5) is 0 Å². The van der Waals surface area contributed by atoms with E-state index in [1.165, 1.54) is 16.8 Å². The number of hydrogen-bond donors (Lipinski definition) is 4. The van der Waals surface area contributed by atoms with Crippen LogP contribution < -0.4 is 11.0 Å². The van der Waals surface area contributed by atoms with Crippen molar-refractivity contribution in [3.05, 3.63) is 74.7 Å². The second-order valence-electron chi connectivity index (χ2n) is 6.86. The maximum absolute atomic E-state index is 12.9. The minimum atomic E-state index is -0.581. The number of hydrogen-bond acceptors (Lipinski definition) is 5. The number of H-pyrrole nitrogens is 1. The molecule has 8 heteroatoms. The largest absolute Gasteiger partial charge is 0.504 e. The summed E-state index contributed by atoms with van der Waals surface area (Å²) in [5.74, 6) is -1.31. The number of carbonyl (C=O) groups excluding carboxylic acids is 1. The van der Waals surface area contributed by atoms with E-state index in [9.17, 15) is 19.8 Å². The van der Waals surface area contributed by atoms with Crippen molar-refractivity contribution < 1.29 is 15.0 Å². The van der Waals surface area contributed by atoms with Gasteiger partial charge in [0.1, 0.15) is 0 Å². The highest BCUT2D eigenvalue weighted by molar-refractivity contribution is 6.01. The Morgan fingerprint density at radius 2 is 1.76 bits per heavy atom. The Balaban J connectivity index is 1.89. The maximum atomic E-state index is 12.9. The normalized spacial score (nSPS) is 11.5. The molecule has 1 heterocycles. The first-order valence-corrected chi connectivity index (χ1v) is 8.95. The number of phenolic OH excluding ortho intramolecular Hbond substituents is 2. The van der Waals surface area contributed by atoms with Gasteiger partial charge in [-0.15, -0.1) is 0 Å². The number of aryl methyl sites for hydroxylation is 3. The van der Waals surface area contributed by atoms with Crippen molar-refractivity contribution in [3.63, 3.8) is 0 Å². The summed E-state index contributed by atoms with van der Waals surface area (Å²) in [6.07, 6.45) is 0. The molecule has 0 fully saturated rings. The predicted molar refractivity (Wildman–Crippen MR) is 110 cm³/mol. The van der Waals surface area contributed by atoms with Crippen LogP contribution in [0.5, 0.6) is 11.5 Å². The van der Waals surface area contributed by atoms with Gasteiger partial charge in [-0.25, -0.2) is 10.1 Å². The standard InChI is InChI=1S/C21H22N4O4/c1-11-5-7-16(9-12(11)2)25-21(29)19(14(4)24-25)13(3)22-23-20(28)15-6-8-17(26)18(27)10-15/h5-10,24,26-27H,1-4H3,(H,23,28)/b22-13-. The number of benzene rings is 2. The quantitative estimate of drug-likeness (QED) is 0.309. The Morgan fingerprint density at radius 3 is 2.41 bits per heavy atom. The Hall–Kier alpha value is -3.81. The molecule has 0 saturated carbocycles. The van der Waals surface area contributed by atoms with Crippen LogP contribution >= 0.6 is 0 Å². The lowest BCUT2D eigenvalue weighted by molar-refractivity contribution is 0.0954. The molecule has 150 valence electrons. The van der Waals surface area contributed by atoms with Gasteiger partial charge >= 0.3 is 0 Å². The number of aromatic nitrogens is 2. The molecule has 0 aliphatic carbocycles. The van der Waals surface area contributed by atoms with Gasteiger partial charge in [-0.05, 0) is 69.2 Å². The zero-order valence-corrected chi connectivity index (χ0v) is 16.6. The first-order chi connectivity index (χ1) is 13.7. The van der Waals surface area contributed by atoms with E-state index in [1.54, 1.807) is 13.8 Å². The maximum Gasteiger partial charge on any atom is 0.280 e. The summed E-state index contributed by atoms with van der Waals surface area (Å²) < 4.78 is 1.44. The van der Waals surface area contributed by atoms with E-state index in [2.05, 4.69) is 15.6 Å². The molecule has 0 bridgehead atoms. The summed E-state index contributed by atoms with van der Waals surface area (Å²) in [4.78, 5) is 25.1. The zero-order valence-electron chi connectivity index (χ0n) is 16.6. The zero-order chi connectivity index (χ0) is 21.3. The van der Waals surface area contributed by atoms with Gasteiger partial charge in [0.25, 0.3) is 11.5 Å². The van der Waals surface area contributed by atoms with Crippen LogP contribution in [-0.2, 0) is 0 Å². The third kappa shape index (κ3) is 3.91. The van der Waals surface area contributed by atoms with Crippen LogP contribution in [0.25, 0.3) is 5.69 Å². The second kappa shape index (κ2) is 7.67. The molecule has 1 aromatic heterocycles. The molecule has 3 aromatic rings. The molecule has 0 spiro atoms. The molecule has 0 aliphatic rings. The predicted octanol–water partition coefficient (Wildman–Crippen LogP) is 2.66. The van der Waals surface area contributed by atoms with Crippen LogP contribution in [0.1, 0.15) is 39.7 Å². The molecular weight excluding hydrogens is 372 g/mol. The van der Waals surface area contributed by atoms with Crippen molar-refractivity contribution in [2.75, 3.05) is 0 Å². The Labute approximate surface area is 167 Å². The molecule has 1 amide bonds. The highest BCUT2D eigenvalue weighted by atomic mass is 16.3. The molecule has 8 nitrogen and oxygen atoms in total. The first kappa shape index (κ1) is 19.9. The second-order valence-corrected chi connectivity index (χ2v) is 6.86. The SMILES string of the molecule is C/C(=N/NC(=O)c1ccc(O)c(O)c1)c1c(C)[nH]n(-c2ccc(C)c(C)c2)c1=O. The number of carbonyl (C=O) groups is 1. The van der Waals surface area contributed by atoms with Gasteiger partial charge in [0.05, 0.1) is 17.0 Å². The van der Waals surface area contributed by atoms with Crippen molar-refractivity contribution in [1.29, 1.82) is 0 Å². The average Bonchev–Trinajstić information content (AvgIpc) is 2.98. The van der Waals surface area contributed by atoms with E-state index in [-0.39, 0.29) is 16.9 Å². The first-order valence-electron chi connectivity index (χ1n) is 8.95. The number of amides is 1. The smallest absolute Gasteiger partial charge is 0.280 e. The van der Waals surface area contributed by atoms with Gasteiger partial charge in [0, 0.05) is 11.3 Å². The Morgan fingerprint density at radius 1 is 1.03 bits per heavy atom. The van der Waals surface area contributed by atoms with E-state index in [4.69, 9.17) is 0 Å².